The van der Waals surface area contributed by atoms with Crippen molar-refractivity contribution in [2.45, 2.75) is 13.5 Å². The summed E-state index contributed by atoms with van der Waals surface area (Å²) in [5.41, 5.74) is 3.79. The number of aryl methyl sites for hydroxylation is 1. The SMILES string of the molecule is COc1ccc(NC2=C(c3ccc(C)cc3)C(=O)N(Cc3ccccc3)C2=O)cc1Cl. The Kier molecular flexibility index (Phi) is 5.78. The van der Waals surface area contributed by atoms with Crippen LogP contribution in [-0.2, 0) is 16.1 Å². The van der Waals surface area contributed by atoms with E-state index in [1.807, 2.05) is 61.5 Å². The lowest BCUT2D eigenvalue weighted by Crippen LogP contribution is -2.31. The van der Waals surface area contributed by atoms with Crippen LogP contribution < -0.4 is 10.1 Å². The molecule has 3 aromatic rings. The van der Waals surface area contributed by atoms with E-state index in [4.69, 9.17) is 16.3 Å². The number of halogens is 1. The van der Waals surface area contributed by atoms with Gasteiger partial charge in [0.2, 0.25) is 0 Å². The number of carbonyl (C=O) groups excluding carboxylic acids is 2. The maximum atomic E-state index is 13.3. The Hall–Kier alpha value is -3.57. The molecule has 1 aliphatic rings. The van der Waals surface area contributed by atoms with Crippen LogP contribution in [0.4, 0.5) is 5.69 Å². The van der Waals surface area contributed by atoms with Gasteiger partial charge in [-0.2, -0.15) is 0 Å². The van der Waals surface area contributed by atoms with Crippen molar-refractivity contribution in [3.05, 3.63) is 100 Å². The number of benzene rings is 3. The Morgan fingerprint density at radius 3 is 2.29 bits per heavy atom. The summed E-state index contributed by atoms with van der Waals surface area (Å²) in [6.45, 7) is 2.17. The van der Waals surface area contributed by atoms with E-state index in [9.17, 15) is 9.59 Å². The highest BCUT2D eigenvalue weighted by Gasteiger charge is 2.39. The van der Waals surface area contributed by atoms with Gasteiger partial charge in [0.05, 0.1) is 24.3 Å². The molecule has 0 atom stereocenters. The molecule has 0 radical (unpaired) electrons. The minimum Gasteiger partial charge on any atom is -0.495 e. The Bertz CT molecular complexity index is 1170. The number of imide groups is 1. The molecule has 31 heavy (non-hydrogen) atoms. The van der Waals surface area contributed by atoms with E-state index in [-0.39, 0.29) is 24.1 Å². The van der Waals surface area contributed by atoms with Crippen LogP contribution in [0.3, 0.4) is 0 Å². The summed E-state index contributed by atoms with van der Waals surface area (Å²) in [5, 5.41) is 3.53. The third-order valence-electron chi connectivity index (χ3n) is 5.11. The zero-order chi connectivity index (χ0) is 22.0. The molecule has 6 heteroatoms. The Morgan fingerprint density at radius 2 is 1.65 bits per heavy atom. The number of nitrogens with one attached hydrogen (secondary N) is 1. The molecule has 1 heterocycles. The maximum absolute atomic E-state index is 13.3. The van der Waals surface area contributed by atoms with Crippen LogP contribution in [0.1, 0.15) is 16.7 Å². The number of amides is 2. The van der Waals surface area contributed by atoms with E-state index < -0.39 is 0 Å². The van der Waals surface area contributed by atoms with Gasteiger partial charge < -0.3 is 10.1 Å². The molecule has 5 nitrogen and oxygen atoms in total. The van der Waals surface area contributed by atoms with E-state index in [2.05, 4.69) is 5.32 Å². The summed E-state index contributed by atoms with van der Waals surface area (Å²) >= 11 is 6.24. The first-order valence-corrected chi connectivity index (χ1v) is 10.2. The fourth-order valence-electron chi connectivity index (χ4n) is 3.48. The van der Waals surface area contributed by atoms with Gasteiger partial charge in [0.15, 0.2) is 0 Å². The summed E-state index contributed by atoms with van der Waals surface area (Å²) in [4.78, 5) is 27.9. The van der Waals surface area contributed by atoms with Crippen molar-refractivity contribution in [1.29, 1.82) is 0 Å². The third-order valence-corrected chi connectivity index (χ3v) is 5.41. The molecule has 0 spiro atoms. The van der Waals surface area contributed by atoms with E-state index in [1.54, 1.807) is 18.2 Å². The predicted molar refractivity (Wildman–Crippen MR) is 122 cm³/mol. The lowest BCUT2D eigenvalue weighted by atomic mass is 10.0. The first kappa shape index (κ1) is 20.7. The van der Waals surface area contributed by atoms with Gasteiger partial charge in [0, 0.05) is 5.69 Å². The molecule has 0 unspecified atom stereocenters. The number of rotatable bonds is 6. The molecule has 0 aliphatic carbocycles. The van der Waals surface area contributed by atoms with Gasteiger partial charge in [0.1, 0.15) is 11.4 Å². The van der Waals surface area contributed by atoms with Crippen molar-refractivity contribution in [2.24, 2.45) is 0 Å². The Balaban J connectivity index is 1.74. The van der Waals surface area contributed by atoms with Gasteiger partial charge in [-0.25, -0.2) is 0 Å². The topological polar surface area (TPSA) is 58.6 Å². The average molecular weight is 433 g/mol. The molecule has 4 rings (SSSR count). The molecule has 3 aromatic carbocycles. The molecular weight excluding hydrogens is 412 g/mol. The Morgan fingerprint density at radius 1 is 0.935 bits per heavy atom. The van der Waals surface area contributed by atoms with E-state index in [0.717, 1.165) is 11.1 Å². The van der Waals surface area contributed by atoms with Gasteiger partial charge in [-0.3, -0.25) is 14.5 Å². The first-order chi connectivity index (χ1) is 15.0. The highest BCUT2D eigenvalue weighted by molar-refractivity contribution is 6.36. The molecule has 0 fully saturated rings. The largest absolute Gasteiger partial charge is 0.495 e. The normalized spacial score (nSPS) is 13.7. The molecule has 0 saturated carbocycles. The van der Waals surface area contributed by atoms with Crippen molar-refractivity contribution in [2.75, 3.05) is 12.4 Å². The van der Waals surface area contributed by atoms with E-state index >= 15 is 0 Å². The molecule has 1 aliphatic heterocycles. The molecule has 0 saturated heterocycles. The average Bonchev–Trinajstić information content (AvgIpc) is 3.00. The highest BCUT2D eigenvalue weighted by Crippen LogP contribution is 2.33. The smallest absolute Gasteiger partial charge is 0.278 e. The second-order valence-electron chi connectivity index (χ2n) is 7.27. The van der Waals surface area contributed by atoms with Crippen LogP contribution in [0.5, 0.6) is 5.75 Å². The number of hydrogen-bond acceptors (Lipinski definition) is 4. The molecule has 156 valence electrons. The number of nitrogens with zero attached hydrogens (tertiary/aromatic N) is 1. The van der Waals surface area contributed by atoms with Crippen LogP contribution in [-0.4, -0.2) is 23.8 Å². The van der Waals surface area contributed by atoms with E-state index in [1.165, 1.54) is 12.0 Å². The van der Waals surface area contributed by atoms with Crippen molar-refractivity contribution in [1.82, 2.24) is 4.90 Å². The van der Waals surface area contributed by atoms with Crippen molar-refractivity contribution in [3.63, 3.8) is 0 Å². The molecular formula is C25H21ClN2O3. The minimum atomic E-state index is -0.378. The van der Waals surface area contributed by atoms with Gasteiger partial charge in [-0.15, -0.1) is 0 Å². The number of hydrogen-bond donors (Lipinski definition) is 1. The quantitative estimate of drug-likeness (QED) is 0.554. The summed E-state index contributed by atoms with van der Waals surface area (Å²) in [6.07, 6.45) is 0. The van der Waals surface area contributed by atoms with Gasteiger partial charge in [-0.05, 0) is 36.2 Å². The minimum absolute atomic E-state index is 0.197. The molecule has 2 amide bonds. The highest BCUT2D eigenvalue weighted by atomic mass is 35.5. The fraction of sp³-hybridized carbons (Fsp3) is 0.120. The first-order valence-electron chi connectivity index (χ1n) is 9.80. The predicted octanol–water partition coefficient (Wildman–Crippen LogP) is 5.05. The summed E-state index contributed by atoms with van der Waals surface area (Å²) < 4.78 is 5.19. The lowest BCUT2D eigenvalue weighted by Gasteiger charge is -2.15. The zero-order valence-corrected chi connectivity index (χ0v) is 17.9. The summed E-state index contributed by atoms with van der Waals surface area (Å²) in [5.74, 6) is -0.185. The van der Waals surface area contributed by atoms with Crippen molar-refractivity contribution >= 4 is 34.7 Å². The summed E-state index contributed by atoms with van der Waals surface area (Å²) in [7, 11) is 1.53. The van der Waals surface area contributed by atoms with E-state index in [0.29, 0.717) is 27.6 Å². The van der Waals surface area contributed by atoms with Crippen LogP contribution in [0, 0.1) is 6.92 Å². The number of methoxy groups -OCH3 is 1. The molecule has 0 bridgehead atoms. The fourth-order valence-corrected chi connectivity index (χ4v) is 3.74. The Labute approximate surface area is 185 Å². The number of ether oxygens (including phenoxy) is 1. The third kappa shape index (κ3) is 4.18. The molecule has 0 aromatic heterocycles. The van der Waals surface area contributed by atoms with Crippen LogP contribution in [0.25, 0.3) is 5.57 Å². The van der Waals surface area contributed by atoms with Crippen molar-refractivity contribution < 1.29 is 14.3 Å². The summed E-state index contributed by atoms with van der Waals surface area (Å²) in [6, 6.07) is 22.1. The monoisotopic (exact) mass is 432 g/mol. The molecule has 1 N–H and O–H groups in total. The van der Waals surface area contributed by atoms with Gasteiger partial charge in [-0.1, -0.05) is 71.8 Å². The van der Waals surface area contributed by atoms with Crippen molar-refractivity contribution in [3.8, 4) is 5.75 Å². The van der Waals surface area contributed by atoms with Gasteiger partial charge >= 0.3 is 0 Å². The standard InChI is InChI=1S/C25H21ClN2O3/c1-16-8-10-18(11-9-16)22-23(27-19-12-13-21(31-2)20(26)14-19)25(30)28(24(22)29)15-17-6-4-3-5-7-17/h3-14,27H,15H2,1-2H3. The number of anilines is 1. The maximum Gasteiger partial charge on any atom is 0.278 e. The van der Waals surface area contributed by atoms with Gasteiger partial charge in [0.25, 0.3) is 11.8 Å². The zero-order valence-electron chi connectivity index (χ0n) is 17.2. The second-order valence-corrected chi connectivity index (χ2v) is 7.68. The lowest BCUT2D eigenvalue weighted by molar-refractivity contribution is -0.137. The van der Waals surface area contributed by atoms with Crippen LogP contribution >= 0.6 is 11.6 Å². The van der Waals surface area contributed by atoms with Crippen LogP contribution in [0.15, 0.2) is 78.5 Å². The second kappa shape index (κ2) is 8.66. The van der Waals surface area contributed by atoms with Crippen LogP contribution in [0.2, 0.25) is 5.02 Å². The number of carbonyl (C=O) groups is 2.